The van der Waals surface area contributed by atoms with E-state index >= 15 is 0 Å². The summed E-state index contributed by atoms with van der Waals surface area (Å²) in [7, 11) is 0. The number of phenols is 2. The Bertz CT molecular complexity index is 584. The highest BCUT2D eigenvalue weighted by Crippen LogP contribution is 2.24. The molecule has 1 amide bonds. The number of benzene rings is 2. The molecule has 0 aliphatic heterocycles. The van der Waals surface area contributed by atoms with Crippen LogP contribution in [0.2, 0.25) is 0 Å². The van der Waals surface area contributed by atoms with Crippen molar-refractivity contribution in [3.05, 3.63) is 54.1 Å². The molecule has 0 aliphatic carbocycles. The summed E-state index contributed by atoms with van der Waals surface area (Å²) in [5.41, 5.74) is 0.806. The van der Waals surface area contributed by atoms with Gasteiger partial charge >= 0.3 is 6.09 Å². The maximum atomic E-state index is 11.5. The summed E-state index contributed by atoms with van der Waals surface area (Å²) in [5, 5.41) is 21.1. The lowest BCUT2D eigenvalue weighted by Crippen LogP contribution is -2.28. The van der Waals surface area contributed by atoms with Crippen LogP contribution in [0.5, 0.6) is 17.2 Å². The molecular weight excluding hydrogens is 258 g/mol. The molecule has 2 aromatic rings. The van der Waals surface area contributed by atoms with Crippen LogP contribution in [0.4, 0.5) is 4.79 Å². The molecule has 2 rings (SSSR count). The van der Waals surface area contributed by atoms with E-state index in [1.807, 2.05) is 6.07 Å². The molecule has 0 aromatic heterocycles. The fourth-order valence-corrected chi connectivity index (χ4v) is 1.67. The third-order valence-electron chi connectivity index (χ3n) is 2.68. The summed E-state index contributed by atoms with van der Waals surface area (Å²) in [4.78, 5) is 11.5. The second kappa shape index (κ2) is 6.47. The quantitative estimate of drug-likeness (QED) is 0.747. The Hall–Kier alpha value is -2.69. The van der Waals surface area contributed by atoms with E-state index < -0.39 is 6.09 Å². The standard InChI is InChI=1S/C15H15NO4/c17-13-7-6-11(10-14(13)18)8-9-16-15(19)20-12-4-2-1-3-5-12/h1-7,10,17-18H,8-9H2,(H,16,19). The molecule has 3 N–H and O–H groups in total. The van der Waals surface area contributed by atoms with Gasteiger partial charge in [-0.2, -0.15) is 0 Å². The Morgan fingerprint density at radius 1 is 1.05 bits per heavy atom. The molecule has 5 heteroatoms. The zero-order chi connectivity index (χ0) is 14.4. The Morgan fingerprint density at radius 2 is 1.80 bits per heavy atom. The number of nitrogens with one attached hydrogen (secondary N) is 1. The number of hydrogen-bond donors (Lipinski definition) is 3. The highest BCUT2D eigenvalue weighted by atomic mass is 16.6. The average molecular weight is 273 g/mol. The number of aromatic hydroxyl groups is 2. The fourth-order valence-electron chi connectivity index (χ4n) is 1.67. The Morgan fingerprint density at radius 3 is 2.50 bits per heavy atom. The Balaban J connectivity index is 1.78. The molecular formula is C15H15NO4. The van der Waals surface area contributed by atoms with E-state index in [0.29, 0.717) is 18.7 Å². The molecule has 0 atom stereocenters. The lowest BCUT2D eigenvalue weighted by atomic mass is 10.1. The van der Waals surface area contributed by atoms with Crippen molar-refractivity contribution in [2.24, 2.45) is 0 Å². The molecule has 20 heavy (non-hydrogen) atoms. The van der Waals surface area contributed by atoms with Gasteiger partial charge in [0.25, 0.3) is 0 Å². The number of rotatable bonds is 4. The van der Waals surface area contributed by atoms with Crippen LogP contribution in [0.3, 0.4) is 0 Å². The average Bonchev–Trinajstić information content (AvgIpc) is 2.44. The van der Waals surface area contributed by atoms with Gasteiger partial charge in [0, 0.05) is 6.54 Å². The zero-order valence-corrected chi connectivity index (χ0v) is 10.7. The SMILES string of the molecule is O=C(NCCc1ccc(O)c(O)c1)Oc1ccccc1. The molecule has 5 nitrogen and oxygen atoms in total. The van der Waals surface area contributed by atoms with E-state index in [0.717, 1.165) is 5.56 Å². The van der Waals surface area contributed by atoms with Crippen LogP contribution in [0.25, 0.3) is 0 Å². The zero-order valence-electron chi connectivity index (χ0n) is 10.7. The largest absolute Gasteiger partial charge is 0.504 e. The van der Waals surface area contributed by atoms with Gasteiger partial charge in [-0.15, -0.1) is 0 Å². The van der Waals surface area contributed by atoms with E-state index in [2.05, 4.69) is 5.32 Å². The van der Waals surface area contributed by atoms with Gasteiger partial charge in [0.2, 0.25) is 0 Å². The first-order valence-electron chi connectivity index (χ1n) is 6.17. The van der Waals surface area contributed by atoms with E-state index in [9.17, 15) is 15.0 Å². The lowest BCUT2D eigenvalue weighted by Gasteiger charge is -2.07. The molecule has 0 unspecified atom stereocenters. The Labute approximate surface area is 116 Å². The minimum absolute atomic E-state index is 0.162. The lowest BCUT2D eigenvalue weighted by molar-refractivity contribution is 0.200. The van der Waals surface area contributed by atoms with Gasteiger partial charge in [0.15, 0.2) is 11.5 Å². The number of hydrogen-bond acceptors (Lipinski definition) is 4. The van der Waals surface area contributed by atoms with Crippen LogP contribution in [-0.4, -0.2) is 22.9 Å². The second-order valence-electron chi connectivity index (χ2n) is 4.20. The molecule has 104 valence electrons. The number of carbonyl (C=O) groups is 1. The monoisotopic (exact) mass is 273 g/mol. The first kappa shape index (κ1) is 13.7. The first-order chi connectivity index (χ1) is 9.65. The van der Waals surface area contributed by atoms with Crippen molar-refractivity contribution in [3.63, 3.8) is 0 Å². The summed E-state index contributed by atoms with van der Waals surface area (Å²) in [6, 6.07) is 13.3. The van der Waals surface area contributed by atoms with Gasteiger partial charge in [-0.3, -0.25) is 0 Å². The van der Waals surface area contributed by atoms with Gasteiger partial charge < -0.3 is 20.3 Å². The summed E-state index contributed by atoms with van der Waals surface area (Å²) < 4.78 is 5.06. The van der Waals surface area contributed by atoms with Gasteiger partial charge in [-0.25, -0.2) is 4.79 Å². The first-order valence-corrected chi connectivity index (χ1v) is 6.17. The predicted octanol–water partition coefficient (Wildman–Crippen LogP) is 2.43. The van der Waals surface area contributed by atoms with Gasteiger partial charge in [0.05, 0.1) is 0 Å². The van der Waals surface area contributed by atoms with Crippen LogP contribution < -0.4 is 10.1 Å². The van der Waals surface area contributed by atoms with Crippen molar-refractivity contribution in [3.8, 4) is 17.2 Å². The molecule has 0 bridgehead atoms. The molecule has 0 saturated carbocycles. The third kappa shape index (κ3) is 3.91. The molecule has 0 aliphatic rings. The molecule has 0 saturated heterocycles. The maximum absolute atomic E-state index is 11.5. The smallest absolute Gasteiger partial charge is 0.412 e. The summed E-state index contributed by atoms with van der Waals surface area (Å²) >= 11 is 0. The van der Waals surface area contributed by atoms with Crippen molar-refractivity contribution >= 4 is 6.09 Å². The predicted molar refractivity (Wildman–Crippen MR) is 73.9 cm³/mol. The topological polar surface area (TPSA) is 78.8 Å². The highest BCUT2D eigenvalue weighted by molar-refractivity contribution is 5.70. The molecule has 2 aromatic carbocycles. The maximum Gasteiger partial charge on any atom is 0.412 e. The summed E-state index contributed by atoms with van der Waals surface area (Å²) in [6.07, 6.45) is -0.00299. The van der Waals surface area contributed by atoms with Crippen LogP contribution >= 0.6 is 0 Å². The third-order valence-corrected chi connectivity index (χ3v) is 2.68. The van der Waals surface area contributed by atoms with Crippen molar-refractivity contribution < 1.29 is 19.7 Å². The van der Waals surface area contributed by atoms with Gasteiger partial charge in [0.1, 0.15) is 5.75 Å². The van der Waals surface area contributed by atoms with Crippen LogP contribution in [-0.2, 0) is 6.42 Å². The normalized spacial score (nSPS) is 10.0. The van der Waals surface area contributed by atoms with E-state index in [1.54, 1.807) is 30.3 Å². The Kier molecular flexibility index (Phi) is 4.44. The molecule has 0 radical (unpaired) electrons. The van der Waals surface area contributed by atoms with Crippen molar-refractivity contribution in [1.29, 1.82) is 0 Å². The number of para-hydroxylation sites is 1. The van der Waals surface area contributed by atoms with Gasteiger partial charge in [-0.1, -0.05) is 24.3 Å². The second-order valence-corrected chi connectivity index (χ2v) is 4.20. The number of carbonyl (C=O) groups excluding carboxylic acids is 1. The number of ether oxygens (including phenoxy) is 1. The highest BCUT2D eigenvalue weighted by Gasteiger charge is 2.04. The van der Waals surface area contributed by atoms with Crippen LogP contribution in [0.1, 0.15) is 5.56 Å². The van der Waals surface area contributed by atoms with Gasteiger partial charge in [-0.05, 0) is 36.2 Å². The fraction of sp³-hybridized carbons (Fsp3) is 0.133. The van der Waals surface area contributed by atoms with Crippen LogP contribution in [0, 0.1) is 0 Å². The molecule has 0 heterocycles. The van der Waals surface area contributed by atoms with Crippen molar-refractivity contribution in [2.45, 2.75) is 6.42 Å². The van der Waals surface area contributed by atoms with E-state index in [1.165, 1.54) is 12.1 Å². The van der Waals surface area contributed by atoms with E-state index in [-0.39, 0.29) is 11.5 Å². The summed E-state index contributed by atoms with van der Waals surface area (Å²) in [5.74, 6) is 0.145. The van der Waals surface area contributed by atoms with E-state index in [4.69, 9.17) is 4.74 Å². The van der Waals surface area contributed by atoms with Crippen molar-refractivity contribution in [2.75, 3.05) is 6.54 Å². The number of amides is 1. The molecule has 0 spiro atoms. The minimum atomic E-state index is -0.529. The summed E-state index contributed by atoms with van der Waals surface area (Å²) in [6.45, 7) is 0.371. The molecule has 0 fully saturated rings. The minimum Gasteiger partial charge on any atom is -0.504 e. The van der Waals surface area contributed by atoms with Crippen LogP contribution in [0.15, 0.2) is 48.5 Å². The number of phenolic OH excluding ortho intramolecular Hbond substituents is 2. The van der Waals surface area contributed by atoms with Crippen molar-refractivity contribution in [1.82, 2.24) is 5.32 Å².